The Bertz CT molecular complexity index is 748. The number of ether oxygens (including phenoxy) is 1. The highest BCUT2D eigenvalue weighted by atomic mass is 35.5. The number of nitrogens with zero attached hydrogens (tertiary/aromatic N) is 2. The lowest BCUT2D eigenvalue weighted by molar-refractivity contribution is 0.0727. The summed E-state index contributed by atoms with van der Waals surface area (Å²) >= 11 is 24.0. The van der Waals surface area contributed by atoms with Gasteiger partial charge in [-0.1, -0.05) is 59.7 Å². The highest BCUT2D eigenvalue weighted by Gasteiger charge is 2.17. The van der Waals surface area contributed by atoms with Crippen LogP contribution in [-0.2, 0) is 0 Å². The molecule has 0 fully saturated rings. The summed E-state index contributed by atoms with van der Waals surface area (Å²) in [6, 6.07) is 4.72. The van der Waals surface area contributed by atoms with E-state index in [1.54, 1.807) is 23.1 Å². The molecule has 0 saturated heterocycles. The summed E-state index contributed by atoms with van der Waals surface area (Å²) in [5.74, 6) is 0.204. The van der Waals surface area contributed by atoms with Crippen LogP contribution in [0.2, 0.25) is 20.1 Å². The Morgan fingerprint density at radius 3 is 2.35 bits per heavy atom. The van der Waals surface area contributed by atoms with Gasteiger partial charge in [-0.25, -0.2) is 0 Å². The third-order valence-corrected chi connectivity index (χ3v) is 4.58. The fourth-order valence-electron chi connectivity index (χ4n) is 2.30. The number of pyridine rings is 1. The third-order valence-electron chi connectivity index (χ3n) is 3.59. The molecule has 4 nitrogen and oxygen atoms in total. The molecule has 0 bridgehead atoms. The number of hydrogen-bond donors (Lipinski definition) is 0. The van der Waals surface area contributed by atoms with E-state index in [1.807, 2.05) is 0 Å². The van der Waals surface area contributed by atoms with E-state index >= 15 is 0 Å². The summed E-state index contributed by atoms with van der Waals surface area (Å²) in [6.45, 7) is 3.28. The van der Waals surface area contributed by atoms with Crippen LogP contribution in [0.25, 0.3) is 0 Å². The van der Waals surface area contributed by atoms with Gasteiger partial charge in [-0.3, -0.25) is 9.78 Å². The van der Waals surface area contributed by atoms with Crippen molar-refractivity contribution >= 4 is 52.3 Å². The zero-order valence-corrected chi connectivity index (χ0v) is 17.2. The molecule has 0 unspecified atom stereocenters. The van der Waals surface area contributed by atoms with Gasteiger partial charge in [-0.15, -0.1) is 0 Å². The molecule has 0 saturated carbocycles. The molecule has 0 aliphatic carbocycles. The predicted octanol–water partition coefficient (Wildman–Crippen LogP) is 6.02. The second-order valence-electron chi connectivity index (χ2n) is 5.58. The largest absolute Gasteiger partial charge is 0.489 e. The van der Waals surface area contributed by atoms with Crippen LogP contribution < -0.4 is 4.74 Å². The topological polar surface area (TPSA) is 42.4 Å². The lowest BCUT2D eigenvalue weighted by Crippen LogP contribution is -2.35. The van der Waals surface area contributed by atoms with E-state index < -0.39 is 0 Å². The second kappa shape index (κ2) is 10.2. The first kappa shape index (κ1) is 21.1. The summed E-state index contributed by atoms with van der Waals surface area (Å²) in [6.07, 6.45) is 4.83. The standard InChI is InChI=1S/C18H18Cl4N2O2/c1-2-3-4-24(18(25)12-7-14(20)11-23-10-12)5-6-26-17-15(21)8-13(19)9-16(17)22/h7-11H,2-6H2,1H3. The Morgan fingerprint density at radius 1 is 1.04 bits per heavy atom. The summed E-state index contributed by atoms with van der Waals surface area (Å²) in [4.78, 5) is 18.4. The van der Waals surface area contributed by atoms with Gasteiger partial charge < -0.3 is 9.64 Å². The van der Waals surface area contributed by atoms with E-state index in [4.69, 9.17) is 51.1 Å². The fraction of sp³-hybridized carbons (Fsp3) is 0.333. The molecule has 0 spiro atoms. The van der Waals surface area contributed by atoms with Gasteiger partial charge in [-0.05, 0) is 24.6 Å². The van der Waals surface area contributed by atoms with Crippen LogP contribution in [0.1, 0.15) is 30.1 Å². The van der Waals surface area contributed by atoms with E-state index in [0.717, 1.165) is 12.8 Å². The van der Waals surface area contributed by atoms with Crippen molar-refractivity contribution in [3.05, 3.63) is 56.2 Å². The van der Waals surface area contributed by atoms with E-state index in [-0.39, 0.29) is 12.5 Å². The Balaban J connectivity index is 2.05. The van der Waals surface area contributed by atoms with Crippen LogP contribution in [0.4, 0.5) is 0 Å². The van der Waals surface area contributed by atoms with Crippen molar-refractivity contribution in [2.75, 3.05) is 19.7 Å². The average Bonchev–Trinajstić information content (AvgIpc) is 2.59. The number of carbonyl (C=O) groups excluding carboxylic acids is 1. The zero-order chi connectivity index (χ0) is 19.1. The fourth-order valence-corrected chi connectivity index (χ4v) is 3.40. The molecular formula is C18H18Cl4N2O2. The number of benzene rings is 1. The summed E-state index contributed by atoms with van der Waals surface area (Å²) in [5, 5.41) is 1.50. The normalized spacial score (nSPS) is 10.7. The molecule has 1 aromatic carbocycles. The van der Waals surface area contributed by atoms with Crippen molar-refractivity contribution in [2.24, 2.45) is 0 Å². The van der Waals surface area contributed by atoms with Gasteiger partial charge in [0, 0.05) is 24.0 Å². The van der Waals surface area contributed by atoms with Gasteiger partial charge in [0.05, 0.1) is 27.2 Å². The van der Waals surface area contributed by atoms with Gasteiger partial charge in [0.25, 0.3) is 5.91 Å². The average molecular weight is 436 g/mol. The molecule has 1 heterocycles. The van der Waals surface area contributed by atoms with Crippen LogP contribution in [0.3, 0.4) is 0 Å². The van der Waals surface area contributed by atoms with Crippen molar-refractivity contribution in [1.82, 2.24) is 9.88 Å². The maximum Gasteiger partial charge on any atom is 0.255 e. The number of hydrogen-bond acceptors (Lipinski definition) is 3. The van der Waals surface area contributed by atoms with Crippen molar-refractivity contribution in [3.8, 4) is 5.75 Å². The minimum absolute atomic E-state index is 0.148. The summed E-state index contributed by atoms with van der Waals surface area (Å²) < 4.78 is 5.68. The molecular weight excluding hydrogens is 418 g/mol. The third kappa shape index (κ3) is 5.92. The molecule has 0 N–H and O–H groups in total. The molecule has 0 radical (unpaired) electrons. The van der Waals surface area contributed by atoms with Crippen molar-refractivity contribution in [2.45, 2.75) is 19.8 Å². The van der Waals surface area contributed by atoms with Gasteiger partial charge in [-0.2, -0.15) is 0 Å². The summed E-state index contributed by atoms with van der Waals surface area (Å²) in [5.41, 5.74) is 0.441. The summed E-state index contributed by atoms with van der Waals surface area (Å²) in [7, 11) is 0. The number of halogens is 4. The maximum atomic E-state index is 12.7. The van der Waals surface area contributed by atoms with Crippen LogP contribution >= 0.6 is 46.4 Å². The first-order chi connectivity index (χ1) is 12.4. The number of aromatic nitrogens is 1. The van der Waals surface area contributed by atoms with Crippen molar-refractivity contribution in [1.29, 1.82) is 0 Å². The lowest BCUT2D eigenvalue weighted by Gasteiger charge is -2.23. The predicted molar refractivity (Wildman–Crippen MR) is 107 cm³/mol. The van der Waals surface area contributed by atoms with E-state index in [1.165, 1.54) is 12.4 Å². The monoisotopic (exact) mass is 434 g/mol. The molecule has 0 atom stereocenters. The second-order valence-corrected chi connectivity index (χ2v) is 7.27. The van der Waals surface area contributed by atoms with Crippen molar-refractivity contribution < 1.29 is 9.53 Å². The lowest BCUT2D eigenvalue weighted by atomic mass is 10.2. The first-order valence-corrected chi connectivity index (χ1v) is 9.60. The van der Waals surface area contributed by atoms with Gasteiger partial charge in [0.15, 0.2) is 5.75 Å². The van der Waals surface area contributed by atoms with Crippen LogP contribution in [0.5, 0.6) is 5.75 Å². The number of carbonyl (C=O) groups is 1. The van der Waals surface area contributed by atoms with Crippen LogP contribution in [0.15, 0.2) is 30.6 Å². The molecule has 2 aromatic rings. The highest BCUT2D eigenvalue weighted by Crippen LogP contribution is 2.35. The van der Waals surface area contributed by atoms with E-state index in [2.05, 4.69) is 11.9 Å². The number of rotatable bonds is 8. The Morgan fingerprint density at radius 2 is 1.73 bits per heavy atom. The molecule has 2 rings (SSSR count). The molecule has 26 heavy (non-hydrogen) atoms. The molecule has 1 aromatic heterocycles. The number of unbranched alkanes of at least 4 members (excludes halogenated alkanes) is 1. The first-order valence-electron chi connectivity index (χ1n) is 8.09. The molecule has 0 aliphatic heterocycles. The smallest absolute Gasteiger partial charge is 0.255 e. The van der Waals surface area contributed by atoms with Gasteiger partial charge in [0.2, 0.25) is 0 Å². The minimum atomic E-state index is -0.148. The van der Waals surface area contributed by atoms with Crippen LogP contribution in [0, 0.1) is 0 Å². The maximum absolute atomic E-state index is 12.7. The van der Waals surface area contributed by atoms with E-state index in [0.29, 0.717) is 44.5 Å². The highest BCUT2D eigenvalue weighted by molar-refractivity contribution is 6.40. The SMILES string of the molecule is CCCCN(CCOc1c(Cl)cc(Cl)cc1Cl)C(=O)c1cncc(Cl)c1. The van der Waals surface area contributed by atoms with Crippen LogP contribution in [-0.4, -0.2) is 35.5 Å². The molecule has 140 valence electrons. The van der Waals surface area contributed by atoms with Crippen molar-refractivity contribution in [3.63, 3.8) is 0 Å². The quantitative estimate of drug-likeness (QED) is 0.509. The minimum Gasteiger partial charge on any atom is -0.489 e. The molecule has 1 amide bonds. The van der Waals surface area contributed by atoms with Gasteiger partial charge in [0.1, 0.15) is 6.61 Å². The zero-order valence-electron chi connectivity index (χ0n) is 14.1. The molecule has 8 heteroatoms. The Labute approximate surface area is 173 Å². The van der Waals surface area contributed by atoms with E-state index in [9.17, 15) is 4.79 Å². The Kier molecular flexibility index (Phi) is 8.29. The Hall–Kier alpha value is -1.20. The molecule has 0 aliphatic rings. The van der Waals surface area contributed by atoms with Gasteiger partial charge >= 0.3 is 0 Å². The number of amides is 1.